The minimum absolute atomic E-state index is 0.300. The van der Waals surface area contributed by atoms with E-state index in [1.165, 1.54) is 23.9 Å². The van der Waals surface area contributed by atoms with Gasteiger partial charge in [0.15, 0.2) is 0 Å². The maximum absolute atomic E-state index is 13.0. The smallest absolute Gasteiger partial charge is 0.226 e. The molecular weight excluding hydrogens is 337 g/mol. The number of oxazole rings is 1. The zero-order chi connectivity index (χ0) is 18.0. The van der Waals surface area contributed by atoms with E-state index in [1.807, 2.05) is 20.8 Å². The van der Waals surface area contributed by atoms with E-state index in [2.05, 4.69) is 16.0 Å². The van der Waals surface area contributed by atoms with E-state index in [0.717, 1.165) is 28.1 Å². The van der Waals surface area contributed by atoms with Gasteiger partial charge in [0.1, 0.15) is 23.2 Å². The summed E-state index contributed by atoms with van der Waals surface area (Å²) in [7, 11) is 0. The summed E-state index contributed by atoms with van der Waals surface area (Å²) in [4.78, 5) is 8.96. The first kappa shape index (κ1) is 17.2. The lowest BCUT2D eigenvalue weighted by Gasteiger charge is -2.10. The van der Waals surface area contributed by atoms with Gasteiger partial charge in [-0.15, -0.1) is 0 Å². The minimum atomic E-state index is -0.300. The number of halogens is 1. The van der Waals surface area contributed by atoms with Gasteiger partial charge in [-0.1, -0.05) is 11.8 Å². The summed E-state index contributed by atoms with van der Waals surface area (Å²) < 4.78 is 18.5. The standard InChI is InChI=1S/C19H16FN3OS/c1-11-12(2)17(8-21)19(22-13(11)3)25-10-16-9-24-18(23-16)14-4-6-15(20)7-5-14/h4-7,9H,10H2,1-3H3. The molecule has 0 atom stereocenters. The van der Waals surface area contributed by atoms with E-state index < -0.39 is 0 Å². The van der Waals surface area contributed by atoms with Crippen LogP contribution in [0.25, 0.3) is 11.5 Å². The monoisotopic (exact) mass is 353 g/mol. The summed E-state index contributed by atoms with van der Waals surface area (Å²) in [6.45, 7) is 5.85. The molecule has 2 aromatic heterocycles. The van der Waals surface area contributed by atoms with Crippen molar-refractivity contribution in [1.29, 1.82) is 5.26 Å². The van der Waals surface area contributed by atoms with E-state index in [-0.39, 0.29) is 5.82 Å². The Morgan fingerprint density at radius 2 is 1.84 bits per heavy atom. The number of pyridine rings is 1. The fraction of sp³-hybridized carbons (Fsp3) is 0.211. The van der Waals surface area contributed by atoms with Gasteiger partial charge in [-0.2, -0.15) is 5.26 Å². The van der Waals surface area contributed by atoms with E-state index in [4.69, 9.17) is 4.42 Å². The lowest BCUT2D eigenvalue weighted by molar-refractivity contribution is 0.573. The van der Waals surface area contributed by atoms with Gasteiger partial charge in [-0.3, -0.25) is 0 Å². The van der Waals surface area contributed by atoms with Gasteiger partial charge in [0.2, 0.25) is 5.89 Å². The van der Waals surface area contributed by atoms with Crippen LogP contribution in [0.1, 0.15) is 28.1 Å². The predicted octanol–water partition coefficient (Wildman–Crippen LogP) is 4.96. The van der Waals surface area contributed by atoms with E-state index in [9.17, 15) is 9.65 Å². The Hall–Kier alpha value is -2.65. The molecule has 0 unspecified atom stereocenters. The first-order valence-corrected chi connectivity index (χ1v) is 8.69. The molecule has 25 heavy (non-hydrogen) atoms. The largest absolute Gasteiger partial charge is 0.444 e. The van der Waals surface area contributed by atoms with Gasteiger partial charge >= 0.3 is 0 Å². The number of hydrogen-bond donors (Lipinski definition) is 0. The van der Waals surface area contributed by atoms with Crippen molar-refractivity contribution in [2.45, 2.75) is 31.6 Å². The molecule has 0 amide bonds. The molecule has 0 fully saturated rings. The Labute approximate surface area is 149 Å². The van der Waals surface area contributed by atoms with Crippen molar-refractivity contribution < 1.29 is 8.81 Å². The summed E-state index contributed by atoms with van der Waals surface area (Å²) in [5.74, 6) is 0.681. The molecule has 0 aliphatic rings. The van der Waals surface area contributed by atoms with Crippen LogP contribution in [0, 0.1) is 37.9 Å². The summed E-state index contributed by atoms with van der Waals surface area (Å²) in [6.07, 6.45) is 1.58. The minimum Gasteiger partial charge on any atom is -0.444 e. The van der Waals surface area contributed by atoms with Crippen molar-refractivity contribution in [2.75, 3.05) is 0 Å². The summed E-state index contributed by atoms with van der Waals surface area (Å²) >= 11 is 1.46. The summed E-state index contributed by atoms with van der Waals surface area (Å²) in [6, 6.07) is 8.23. The number of aryl methyl sites for hydroxylation is 1. The molecule has 2 heterocycles. The van der Waals surface area contributed by atoms with Gasteiger partial charge < -0.3 is 4.42 Å². The van der Waals surface area contributed by atoms with Gasteiger partial charge in [-0.25, -0.2) is 14.4 Å². The summed E-state index contributed by atoms with van der Waals surface area (Å²) in [5.41, 5.74) is 4.99. The predicted molar refractivity (Wildman–Crippen MR) is 94.6 cm³/mol. The van der Waals surface area contributed by atoms with Crippen molar-refractivity contribution in [3.8, 4) is 17.5 Å². The molecule has 0 saturated carbocycles. The third-order valence-electron chi connectivity index (χ3n) is 4.07. The van der Waals surface area contributed by atoms with Crippen LogP contribution in [0.4, 0.5) is 4.39 Å². The highest BCUT2D eigenvalue weighted by atomic mass is 32.2. The van der Waals surface area contributed by atoms with Crippen LogP contribution in [0.15, 0.2) is 40.0 Å². The van der Waals surface area contributed by atoms with Crippen LogP contribution in [0.5, 0.6) is 0 Å². The number of nitrogens with zero attached hydrogens (tertiary/aromatic N) is 3. The second-order valence-corrected chi connectivity index (χ2v) is 6.64. The van der Waals surface area contributed by atoms with Crippen molar-refractivity contribution >= 4 is 11.8 Å². The molecule has 3 aromatic rings. The first-order chi connectivity index (χ1) is 12.0. The molecule has 1 aromatic carbocycles. The maximum atomic E-state index is 13.0. The number of rotatable bonds is 4. The molecule has 3 rings (SSSR count). The van der Waals surface area contributed by atoms with E-state index in [0.29, 0.717) is 22.2 Å². The fourth-order valence-corrected chi connectivity index (χ4v) is 3.35. The zero-order valence-corrected chi connectivity index (χ0v) is 14.9. The lowest BCUT2D eigenvalue weighted by Crippen LogP contribution is -1.99. The lowest BCUT2D eigenvalue weighted by atomic mass is 10.1. The van der Waals surface area contributed by atoms with Crippen LogP contribution < -0.4 is 0 Å². The Kier molecular flexibility index (Phi) is 4.86. The zero-order valence-electron chi connectivity index (χ0n) is 14.1. The molecule has 0 saturated heterocycles. The average Bonchev–Trinajstić information content (AvgIpc) is 3.07. The molecule has 0 radical (unpaired) electrons. The number of aromatic nitrogens is 2. The number of hydrogen-bond acceptors (Lipinski definition) is 5. The average molecular weight is 353 g/mol. The van der Waals surface area contributed by atoms with Crippen molar-refractivity contribution in [1.82, 2.24) is 9.97 Å². The highest BCUT2D eigenvalue weighted by molar-refractivity contribution is 7.98. The molecule has 126 valence electrons. The van der Waals surface area contributed by atoms with Crippen LogP contribution >= 0.6 is 11.8 Å². The molecule has 0 aliphatic carbocycles. The number of benzene rings is 1. The van der Waals surface area contributed by atoms with Gasteiger partial charge in [0, 0.05) is 17.0 Å². The molecule has 0 aliphatic heterocycles. The molecule has 6 heteroatoms. The molecular formula is C19H16FN3OS. The fourth-order valence-electron chi connectivity index (χ4n) is 2.39. The van der Waals surface area contributed by atoms with E-state index in [1.54, 1.807) is 18.4 Å². The molecule has 4 nitrogen and oxygen atoms in total. The second kappa shape index (κ2) is 7.08. The Balaban J connectivity index is 1.79. The second-order valence-electron chi connectivity index (χ2n) is 5.68. The van der Waals surface area contributed by atoms with Crippen molar-refractivity contribution in [3.05, 3.63) is 64.4 Å². The van der Waals surface area contributed by atoms with Crippen molar-refractivity contribution in [2.24, 2.45) is 0 Å². The molecule has 0 N–H and O–H groups in total. The van der Waals surface area contributed by atoms with Gasteiger partial charge in [-0.05, 0) is 56.2 Å². The maximum Gasteiger partial charge on any atom is 0.226 e. The van der Waals surface area contributed by atoms with Crippen LogP contribution in [0.3, 0.4) is 0 Å². The topological polar surface area (TPSA) is 62.7 Å². The highest BCUT2D eigenvalue weighted by Crippen LogP contribution is 2.29. The third kappa shape index (κ3) is 3.57. The first-order valence-electron chi connectivity index (χ1n) is 7.70. The molecule has 0 spiro atoms. The third-order valence-corrected chi connectivity index (χ3v) is 5.08. The Morgan fingerprint density at radius 1 is 1.12 bits per heavy atom. The quantitative estimate of drug-likeness (QED) is 0.620. The van der Waals surface area contributed by atoms with Gasteiger partial charge in [0.25, 0.3) is 0 Å². The number of thioether (sulfide) groups is 1. The highest BCUT2D eigenvalue weighted by Gasteiger charge is 2.14. The van der Waals surface area contributed by atoms with E-state index >= 15 is 0 Å². The van der Waals surface area contributed by atoms with Crippen LogP contribution in [0.2, 0.25) is 0 Å². The Bertz CT molecular complexity index is 958. The van der Waals surface area contributed by atoms with Gasteiger partial charge in [0.05, 0.1) is 11.3 Å². The summed E-state index contributed by atoms with van der Waals surface area (Å²) in [5, 5.41) is 10.1. The molecule has 0 bridgehead atoms. The van der Waals surface area contributed by atoms with Crippen LogP contribution in [-0.4, -0.2) is 9.97 Å². The normalized spacial score (nSPS) is 10.7. The van der Waals surface area contributed by atoms with Crippen LogP contribution in [-0.2, 0) is 5.75 Å². The SMILES string of the molecule is Cc1nc(SCc2coc(-c3ccc(F)cc3)n2)c(C#N)c(C)c1C. The van der Waals surface area contributed by atoms with Crippen molar-refractivity contribution in [3.63, 3.8) is 0 Å². The number of nitriles is 1. The Morgan fingerprint density at radius 3 is 2.52 bits per heavy atom.